The molecule has 1 aromatic rings. The van der Waals surface area contributed by atoms with Gasteiger partial charge in [0.15, 0.2) is 0 Å². The molecule has 20 heavy (non-hydrogen) atoms. The first-order valence-electron chi connectivity index (χ1n) is 5.98. The standard InChI is InChI=1S/C11H15BrN2O4S2/c12-8-1-2-10(19-8)20(16,17)14-11(7-9(13)15)3-5-18-6-4-11/h1-2,14H,3-7H2,(H2,13,15). The van der Waals surface area contributed by atoms with Crippen molar-refractivity contribution in [1.82, 2.24) is 4.72 Å². The Morgan fingerprint density at radius 2 is 2.10 bits per heavy atom. The quantitative estimate of drug-likeness (QED) is 0.799. The molecule has 1 saturated heterocycles. The third kappa shape index (κ3) is 3.79. The van der Waals surface area contributed by atoms with Crippen LogP contribution in [0.15, 0.2) is 20.1 Å². The number of halogens is 1. The van der Waals surface area contributed by atoms with Crippen LogP contribution < -0.4 is 10.5 Å². The maximum absolute atomic E-state index is 12.4. The molecule has 0 bridgehead atoms. The minimum absolute atomic E-state index is 0.0257. The van der Waals surface area contributed by atoms with Crippen LogP contribution in [0.5, 0.6) is 0 Å². The van der Waals surface area contributed by atoms with E-state index in [1.165, 1.54) is 6.07 Å². The van der Waals surface area contributed by atoms with Crippen molar-refractivity contribution in [3.05, 3.63) is 15.9 Å². The van der Waals surface area contributed by atoms with Gasteiger partial charge in [0.05, 0.1) is 3.79 Å². The van der Waals surface area contributed by atoms with Crippen LogP contribution >= 0.6 is 27.3 Å². The van der Waals surface area contributed by atoms with E-state index in [9.17, 15) is 13.2 Å². The van der Waals surface area contributed by atoms with Crippen LogP contribution in [0.2, 0.25) is 0 Å². The third-order valence-corrected chi connectivity index (χ3v) is 6.82. The summed E-state index contributed by atoms with van der Waals surface area (Å²) in [6.07, 6.45) is 0.839. The molecule has 0 saturated carbocycles. The van der Waals surface area contributed by atoms with E-state index in [0.29, 0.717) is 26.1 Å². The Balaban J connectivity index is 2.25. The van der Waals surface area contributed by atoms with E-state index in [1.807, 2.05) is 0 Å². The molecule has 9 heteroatoms. The van der Waals surface area contributed by atoms with Gasteiger partial charge in [0.25, 0.3) is 10.0 Å². The van der Waals surface area contributed by atoms with Crippen molar-refractivity contribution >= 4 is 43.2 Å². The van der Waals surface area contributed by atoms with E-state index < -0.39 is 21.5 Å². The minimum Gasteiger partial charge on any atom is -0.381 e. The Labute approximate surface area is 129 Å². The van der Waals surface area contributed by atoms with Gasteiger partial charge in [-0.25, -0.2) is 13.1 Å². The Hall–Kier alpha value is -0.480. The van der Waals surface area contributed by atoms with E-state index >= 15 is 0 Å². The van der Waals surface area contributed by atoms with Gasteiger partial charge in [-0.3, -0.25) is 4.79 Å². The summed E-state index contributed by atoms with van der Waals surface area (Å²) < 4.78 is 33.6. The normalized spacial score (nSPS) is 18.9. The monoisotopic (exact) mass is 382 g/mol. The number of rotatable bonds is 5. The molecule has 0 atom stereocenters. The lowest BCUT2D eigenvalue weighted by atomic mass is 9.88. The van der Waals surface area contributed by atoms with Gasteiger partial charge in [-0.1, -0.05) is 0 Å². The molecule has 1 aromatic heterocycles. The molecule has 6 nitrogen and oxygen atoms in total. The fourth-order valence-electron chi connectivity index (χ4n) is 2.19. The zero-order valence-electron chi connectivity index (χ0n) is 10.6. The maximum atomic E-state index is 12.4. The molecule has 1 aliphatic heterocycles. The number of carbonyl (C=O) groups excluding carboxylic acids is 1. The average molecular weight is 383 g/mol. The first kappa shape index (κ1) is 15.9. The predicted octanol–water partition coefficient (Wildman–Crippen LogP) is 1.21. The highest BCUT2D eigenvalue weighted by Crippen LogP contribution is 2.30. The molecule has 0 aromatic carbocycles. The fraction of sp³-hybridized carbons (Fsp3) is 0.545. The van der Waals surface area contributed by atoms with Gasteiger partial charge >= 0.3 is 0 Å². The number of carbonyl (C=O) groups is 1. The van der Waals surface area contributed by atoms with E-state index in [4.69, 9.17) is 10.5 Å². The summed E-state index contributed by atoms with van der Waals surface area (Å²) in [7, 11) is -3.67. The Morgan fingerprint density at radius 1 is 1.45 bits per heavy atom. The molecule has 0 radical (unpaired) electrons. The second-order valence-corrected chi connectivity index (χ2v) is 9.07. The van der Waals surface area contributed by atoms with E-state index in [-0.39, 0.29) is 10.6 Å². The number of hydrogen-bond acceptors (Lipinski definition) is 5. The Morgan fingerprint density at radius 3 is 2.60 bits per heavy atom. The van der Waals surface area contributed by atoms with E-state index in [2.05, 4.69) is 20.7 Å². The van der Waals surface area contributed by atoms with Crippen molar-refractivity contribution in [2.45, 2.75) is 29.0 Å². The molecular weight excluding hydrogens is 368 g/mol. The van der Waals surface area contributed by atoms with Gasteiger partial charge in [-0.2, -0.15) is 0 Å². The number of amides is 1. The van der Waals surface area contributed by atoms with Crippen molar-refractivity contribution in [3.8, 4) is 0 Å². The molecule has 0 spiro atoms. The van der Waals surface area contributed by atoms with Gasteiger partial charge in [0.2, 0.25) is 5.91 Å². The smallest absolute Gasteiger partial charge is 0.250 e. The van der Waals surface area contributed by atoms with Crippen LogP contribution in [0.1, 0.15) is 19.3 Å². The zero-order valence-corrected chi connectivity index (χ0v) is 13.8. The molecule has 112 valence electrons. The molecule has 2 rings (SSSR count). The van der Waals surface area contributed by atoms with Crippen LogP contribution in [0.4, 0.5) is 0 Å². The zero-order chi connectivity index (χ0) is 14.8. The topological polar surface area (TPSA) is 98.5 Å². The fourth-order valence-corrected chi connectivity index (χ4v) is 5.66. The van der Waals surface area contributed by atoms with Crippen molar-refractivity contribution < 1.29 is 17.9 Å². The first-order valence-corrected chi connectivity index (χ1v) is 9.08. The van der Waals surface area contributed by atoms with Gasteiger partial charge in [-0.05, 0) is 40.9 Å². The van der Waals surface area contributed by atoms with Gasteiger partial charge < -0.3 is 10.5 Å². The van der Waals surface area contributed by atoms with Crippen molar-refractivity contribution in [3.63, 3.8) is 0 Å². The summed E-state index contributed by atoms with van der Waals surface area (Å²) in [4.78, 5) is 11.2. The first-order chi connectivity index (χ1) is 9.33. The Kier molecular flexibility index (Phi) is 4.85. The van der Waals surface area contributed by atoms with Crippen LogP contribution in [0.3, 0.4) is 0 Å². The lowest BCUT2D eigenvalue weighted by molar-refractivity contribution is -0.120. The summed E-state index contributed by atoms with van der Waals surface area (Å²) in [5.74, 6) is -0.526. The molecule has 1 aliphatic rings. The predicted molar refractivity (Wildman–Crippen MR) is 78.9 cm³/mol. The minimum atomic E-state index is -3.67. The lowest BCUT2D eigenvalue weighted by Gasteiger charge is -2.36. The van der Waals surface area contributed by atoms with E-state index in [1.54, 1.807) is 6.07 Å². The highest BCUT2D eigenvalue weighted by molar-refractivity contribution is 9.11. The molecule has 1 amide bonds. The van der Waals surface area contributed by atoms with Crippen LogP contribution in [-0.2, 0) is 19.6 Å². The number of nitrogens with two attached hydrogens (primary N) is 1. The number of thiophene rings is 1. The number of primary amides is 1. The molecule has 0 unspecified atom stereocenters. The maximum Gasteiger partial charge on any atom is 0.250 e. The highest BCUT2D eigenvalue weighted by Gasteiger charge is 2.38. The lowest BCUT2D eigenvalue weighted by Crippen LogP contribution is -2.53. The Bertz CT molecular complexity index is 593. The molecule has 0 aliphatic carbocycles. The van der Waals surface area contributed by atoms with Gasteiger partial charge in [0.1, 0.15) is 4.21 Å². The highest BCUT2D eigenvalue weighted by atomic mass is 79.9. The number of ether oxygens (including phenoxy) is 1. The van der Waals surface area contributed by atoms with Crippen LogP contribution in [0, 0.1) is 0 Å². The van der Waals surface area contributed by atoms with Crippen molar-refractivity contribution in [2.75, 3.05) is 13.2 Å². The van der Waals surface area contributed by atoms with Crippen molar-refractivity contribution in [2.24, 2.45) is 5.73 Å². The second kappa shape index (κ2) is 6.10. The second-order valence-electron chi connectivity index (χ2n) is 4.70. The molecule has 3 N–H and O–H groups in total. The number of nitrogens with one attached hydrogen (secondary N) is 1. The van der Waals surface area contributed by atoms with Crippen molar-refractivity contribution in [1.29, 1.82) is 0 Å². The molecule has 1 fully saturated rings. The summed E-state index contributed by atoms with van der Waals surface area (Å²) in [6, 6.07) is 3.19. The average Bonchev–Trinajstić information content (AvgIpc) is 2.76. The van der Waals surface area contributed by atoms with Crippen LogP contribution in [-0.4, -0.2) is 33.1 Å². The summed E-state index contributed by atoms with van der Waals surface area (Å²) in [6.45, 7) is 0.813. The third-order valence-electron chi connectivity index (χ3n) is 3.13. The summed E-state index contributed by atoms with van der Waals surface area (Å²) in [5, 5.41) is 0. The summed E-state index contributed by atoms with van der Waals surface area (Å²) >= 11 is 4.36. The number of sulfonamides is 1. The van der Waals surface area contributed by atoms with Gasteiger partial charge in [0, 0.05) is 25.2 Å². The van der Waals surface area contributed by atoms with Gasteiger partial charge in [-0.15, -0.1) is 11.3 Å². The molecular formula is C11H15BrN2O4S2. The largest absolute Gasteiger partial charge is 0.381 e. The van der Waals surface area contributed by atoms with E-state index in [0.717, 1.165) is 15.1 Å². The number of hydrogen-bond donors (Lipinski definition) is 2. The summed E-state index contributed by atoms with van der Waals surface area (Å²) in [5.41, 5.74) is 4.40. The SMILES string of the molecule is NC(=O)CC1(NS(=O)(=O)c2ccc(Br)s2)CCOCC1. The molecule has 2 heterocycles. The van der Waals surface area contributed by atoms with Crippen LogP contribution in [0.25, 0.3) is 0 Å².